The van der Waals surface area contributed by atoms with Gasteiger partial charge in [0.1, 0.15) is 0 Å². The van der Waals surface area contributed by atoms with Gasteiger partial charge in [-0.05, 0) is 18.9 Å². The predicted molar refractivity (Wildman–Crippen MR) is 59.1 cm³/mol. The molecule has 0 saturated carbocycles. The molecule has 2 aromatic rings. The molecule has 0 aromatic carbocycles. The molecule has 0 bridgehead atoms. The van der Waals surface area contributed by atoms with Crippen LogP contribution in [0.5, 0.6) is 0 Å². The molecule has 0 saturated heterocycles. The molecule has 2 aromatic heterocycles. The number of nitrogens with zero attached hydrogens (tertiary/aromatic N) is 4. The smallest absolute Gasteiger partial charge is 0.162 e. The van der Waals surface area contributed by atoms with Gasteiger partial charge in [0.25, 0.3) is 0 Å². The minimum Gasteiger partial charge on any atom is -0.294 e. The molecule has 16 heavy (non-hydrogen) atoms. The number of rotatable bonds is 4. The van der Waals surface area contributed by atoms with Crippen molar-refractivity contribution in [3.63, 3.8) is 0 Å². The number of carbonyl (C=O) groups excluding carboxylic acids is 1. The van der Waals surface area contributed by atoms with Crippen LogP contribution in [0.4, 0.5) is 0 Å². The second kappa shape index (κ2) is 4.30. The first-order valence-corrected chi connectivity index (χ1v) is 5.16. The summed E-state index contributed by atoms with van der Waals surface area (Å²) in [7, 11) is 1.89. The van der Waals surface area contributed by atoms with Crippen molar-refractivity contribution in [2.24, 2.45) is 7.05 Å². The lowest BCUT2D eigenvalue weighted by atomic mass is 10.2. The monoisotopic (exact) mass is 218 g/mol. The van der Waals surface area contributed by atoms with Crippen LogP contribution in [-0.2, 0) is 20.0 Å². The van der Waals surface area contributed by atoms with Gasteiger partial charge in [-0.15, -0.1) is 0 Å². The molecule has 0 aliphatic heterocycles. The Bertz CT molecular complexity index is 498. The third kappa shape index (κ3) is 2.36. The maximum Gasteiger partial charge on any atom is 0.162 e. The number of ketones is 1. The third-order valence-corrected chi connectivity index (χ3v) is 2.43. The largest absolute Gasteiger partial charge is 0.294 e. The summed E-state index contributed by atoms with van der Waals surface area (Å²) in [6, 6.07) is 0. The zero-order valence-electron chi connectivity index (χ0n) is 9.42. The number of Topliss-reactive ketones (excluding diaryl/α,β-unsaturated/α-hetero) is 1. The van der Waals surface area contributed by atoms with E-state index in [1.54, 1.807) is 28.7 Å². The van der Waals surface area contributed by atoms with Crippen molar-refractivity contribution in [3.8, 4) is 0 Å². The first-order valence-electron chi connectivity index (χ1n) is 5.16. The lowest BCUT2D eigenvalue weighted by Crippen LogP contribution is -2.01. The highest BCUT2D eigenvalue weighted by Gasteiger charge is 2.03. The average molecular weight is 218 g/mol. The molecule has 2 heterocycles. The van der Waals surface area contributed by atoms with E-state index < -0.39 is 0 Å². The van der Waals surface area contributed by atoms with E-state index in [2.05, 4.69) is 10.2 Å². The Morgan fingerprint density at radius 3 is 2.69 bits per heavy atom. The fraction of sp³-hybridized carbons (Fsp3) is 0.364. The Balaban J connectivity index is 1.97. The van der Waals surface area contributed by atoms with Crippen molar-refractivity contribution in [1.82, 2.24) is 19.6 Å². The highest BCUT2D eigenvalue weighted by atomic mass is 16.1. The molecule has 5 heteroatoms. The summed E-state index contributed by atoms with van der Waals surface area (Å²) >= 11 is 0. The van der Waals surface area contributed by atoms with Crippen LogP contribution >= 0.6 is 0 Å². The van der Waals surface area contributed by atoms with Gasteiger partial charge in [0.2, 0.25) is 0 Å². The Morgan fingerprint density at radius 1 is 1.31 bits per heavy atom. The van der Waals surface area contributed by atoms with Crippen molar-refractivity contribution in [2.45, 2.75) is 19.9 Å². The Kier molecular flexibility index (Phi) is 2.85. The fourth-order valence-corrected chi connectivity index (χ4v) is 1.51. The molecule has 84 valence electrons. The number of aryl methyl sites for hydroxylation is 3. The fourth-order valence-electron chi connectivity index (χ4n) is 1.51. The van der Waals surface area contributed by atoms with E-state index in [4.69, 9.17) is 0 Å². The number of carbonyl (C=O) groups is 1. The molecule has 5 nitrogen and oxygen atoms in total. The zero-order chi connectivity index (χ0) is 11.5. The van der Waals surface area contributed by atoms with Crippen molar-refractivity contribution in [2.75, 3.05) is 0 Å². The quantitative estimate of drug-likeness (QED) is 0.721. The van der Waals surface area contributed by atoms with E-state index in [9.17, 15) is 4.79 Å². The zero-order valence-corrected chi connectivity index (χ0v) is 9.42. The maximum absolute atomic E-state index is 11.1. The predicted octanol–water partition coefficient (Wildman–Crippen LogP) is 1.06. The summed E-state index contributed by atoms with van der Waals surface area (Å²) in [5, 5.41) is 8.22. The lowest BCUT2D eigenvalue weighted by molar-refractivity contribution is 0.101. The third-order valence-electron chi connectivity index (χ3n) is 2.43. The van der Waals surface area contributed by atoms with Crippen molar-refractivity contribution in [3.05, 3.63) is 35.9 Å². The van der Waals surface area contributed by atoms with E-state index in [-0.39, 0.29) is 5.78 Å². The standard InChI is InChI=1S/C11H14N4O/c1-9(16)11-6-13-15(8-11)4-3-10-5-12-14(2)7-10/h5-8H,3-4H2,1-2H3. The number of hydrogen-bond donors (Lipinski definition) is 0. The van der Waals surface area contributed by atoms with Gasteiger partial charge in [0, 0.05) is 26.0 Å². The molecule has 0 spiro atoms. The van der Waals surface area contributed by atoms with Crippen LogP contribution in [-0.4, -0.2) is 25.3 Å². The SMILES string of the molecule is CC(=O)c1cnn(CCc2cnn(C)c2)c1. The minimum atomic E-state index is 0.0487. The molecule has 0 N–H and O–H groups in total. The Hall–Kier alpha value is -1.91. The summed E-state index contributed by atoms with van der Waals surface area (Å²) < 4.78 is 3.56. The van der Waals surface area contributed by atoms with Crippen LogP contribution in [0.25, 0.3) is 0 Å². The first-order chi connectivity index (χ1) is 7.65. The van der Waals surface area contributed by atoms with Gasteiger partial charge in [-0.1, -0.05) is 0 Å². The summed E-state index contributed by atoms with van der Waals surface area (Å²) in [4.78, 5) is 11.1. The summed E-state index contributed by atoms with van der Waals surface area (Å²) in [5.41, 5.74) is 1.83. The van der Waals surface area contributed by atoms with Crippen LogP contribution in [0.15, 0.2) is 24.8 Å². The topological polar surface area (TPSA) is 52.7 Å². The second-order valence-electron chi connectivity index (χ2n) is 3.82. The van der Waals surface area contributed by atoms with Crippen molar-refractivity contribution >= 4 is 5.78 Å². The van der Waals surface area contributed by atoms with Crippen LogP contribution in [0.2, 0.25) is 0 Å². The second-order valence-corrected chi connectivity index (χ2v) is 3.82. The van der Waals surface area contributed by atoms with Crippen molar-refractivity contribution in [1.29, 1.82) is 0 Å². The maximum atomic E-state index is 11.1. The Labute approximate surface area is 93.7 Å². The summed E-state index contributed by atoms with van der Waals surface area (Å²) in [6.45, 7) is 2.31. The van der Waals surface area contributed by atoms with Crippen LogP contribution < -0.4 is 0 Å². The summed E-state index contributed by atoms with van der Waals surface area (Å²) in [5.74, 6) is 0.0487. The van der Waals surface area contributed by atoms with E-state index >= 15 is 0 Å². The first kappa shape index (κ1) is 10.6. The molecular formula is C11H14N4O. The summed E-state index contributed by atoms with van der Waals surface area (Å²) in [6.07, 6.45) is 8.07. The van der Waals surface area contributed by atoms with E-state index in [1.807, 2.05) is 19.4 Å². The lowest BCUT2D eigenvalue weighted by Gasteiger charge is -1.98. The number of hydrogen-bond acceptors (Lipinski definition) is 3. The normalized spacial score (nSPS) is 10.6. The molecule has 0 radical (unpaired) electrons. The molecule has 2 rings (SSSR count). The molecule has 0 atom stereocenters. The van der Waals surface area contributed by atoms with Gasteiger partial charge >= 0.3 is 0 Å². The van der Waals surface area contributed by atoms with Gasteiger partial charge in [0.15, 0.2) is 5.78 Å². The van der Waals surface area contributed by atoms with E-state index in [0.29, 0.717) is 5.56 Å². The molecule has 0 amide bonds. The van der Waals surface area contributed by atoms with Crippen LogP contribution in [0.3, 0.4) is 0 Å². The molecule has 0 aliphatic carbocycles. The molecule has 0 aliphatic rings. The van der Waals surface area contributed by atoms with Gasteiger partial charge < -0.3 is 0 Å². The minimum absolute atomic E-state index is 0.0487. The molecule has 0 unspecified atom stereocenters. The highest BCUT2D eigenvalue weighted by molar-refractivity contribution is 5.93. The Morgan fingerprint density at radius 2 is 2.12 bits per heavy atom. The number of aromatic nitrogens is 4. The van der Waals surface area contributed by atoms with Gasteiger partial charge in [-0.25, -0.2) is 0 Å². The van der Waals surface area contributed by atoms with Gasteiger partial charge in [0.05, 0.1) is 18.0 Å². The average Bonchev–Trinajstić information content (AvgIpc) is 2.83. The van der Waals surface area contributed by atoms with E-state index in [0.717, 1.165) is 13.0 Å². The highest BCUT2D eigenvalue weighted by Crippen LogP contribution is 2.02. The van der Waals surface area contributed by atoms with Crippen LogP contribution in [0.1, 0.15) is 22.8 Å². The van der Waals surface area contributed by atoms with Gasteiger partial charge in [-0.2, -0.15) is 10.2 Å². The molecular weight excluding hydrogens is 204 g/mol. The van der Waals surface area contributed by atoms with E-state index in [1.165, 1.54) is 5.56 Å². The van der Waals surface area contributed by atoms with Gasteiger partial charge in [-0.3, -0.25) is 14.2 Å². The van der Waals surface area contributed by atoms with Crippen molar-refractivity contribution < 1.29 is 4.79 Å². The van der Waals surface area contributed by atoms with Crippen LogP contribution in [0, 0.1) is 0 Å². The molecule has 0 fully saturated rings.